The normalized spacial score (nSPS) is 17.4. The summed E-state index contributed by atoms with van der Waals surface area (Å²) in [5, 5.41) is 0.972. The van der Waals surface area contributed by atoms with Gasteiger partial charge in [0.25, 0.3) is 0 Å². The van der Waals surface area contributed by atoms with Gasteiger partial charge in [-0.3, -0.25) is 4.79 Å². The zero-order valence-corrected chi connectivity index (χ0v) is 13.7. The van der Waals surface area contributed by atoms with Crippen LogP contribution in [0.25, 0.3) is 11.0 Å². The first-order valence-electron chi connectivity index (χ1n) is 7.53. The topological polar surface area (TPSA) is 76.8 Å². The second-order valence-corrected chi connectivity index (χ2v) is 7.78. The van der Waals surface area contributed by atoms with Crippen LogP contribution in [-0.2, 0) is 26.2 Å². The molecular weight excluding hydrogens is 318 g/mol. The Morgan fingerprint density at radius 3 is 2.65 bits per heavy atom. The molecule has 2 heterocycles. The van der Waals surface area contributed by atoms with E-state index in [0.29, 0.717) is 31.7 Å². The zero-order chi connectivity index (χ0) is 16.4. The number of para-hydroxylation sites is 1. The maximum Gasteiger partial charge on any atom is 0.309 e. The van der Waals surface area contributed by atoms with Gasteiger partial charge >= 0.3 is 5.97 Å². The van der Waals surface area contributed by atoms with Crippen molar-refractivity contribution in [3.05, 3.63) is 36.1 Å². The van der Waals surface area contributed by atoms with Gasteiger partial charge in [-0.05, 0) is 25.0 Å². The van der Waals surface area contributed by atoms with Crippen molar-refractivity contribution in [1.82, 2.24) is 4.31 Å². The van der Waals surface area contributed by atoms with Crippen molar-refractivity contribution in [3.8, 4) is 0 Å². The van der Waals surface area contributed by atoms with E-state index < -0.39 is 10.0 Å². The fourth-order valence-corrected chi connectivity index (χ4v) is 3.67. The van der Waals surface area contributed by atoms with Crippen molar-refractivity contribution >= 4 is 27.0 Å². The Kier molecular flexibility index (Phi) is 4.41. The zero-order valence-electron chi connectivity index (χ0n) is 12.9. The van der Waals surface area contributed by atoms with E-state index >= 15 is 0 Å². The SMILES string of the molecule is CS(=O)(=O)N1CCC(C(=O)OCc2cc3ccccc3o2)CC1. The van der Waals surface area contributed by atoms with E-state index in [4.69, 9.17) is 9.15 Å². The van der Waals surface area contributed by atoms with E-state index in [1.165, 1.54) is 10.6 Å². The number of furan rings is 1. The number of nitrogens with zero attached hydrogens (tertiary/aromatic N) is 1. The lowest BCUT2D eigenvalue weighted by Crippen LogP contribution is -2.40. The van der Waals surface area contributed by atoms with Crippen LogP contribution in [0.4, 0.5) is 0 Å². The van der Waals surface area contributed by atoms with Gasteiger partial charge in [0, 0.05) is 18.5 Å². The van der Waals surface area contributed by atoms with Crippen molar-refractivity contribution in [3.63, 3.8) is 0 Å². The van der Waals surface area contributed by atoms with Crippen molar-refractivity contribution in [2.45, 2.75) is 19.4 Å². The van der Waals surface area contributed by atoms with Crippen LogP contribution in [0.5, 0.6) is 0 Å². The molecule has 0 spiro atoms. The maximum absolute atomic E-state index is 12.1. The minimum atomic E-state index is -3.18. The Labute approximate surface area is 135 Å². The lowest BCUT2D eigenvalue weighted by atomic mass is 9.98. The van der Waals surface area contributed by atoms with Crippen LogP contribution in [0, 0.1) is 5.92 Å². The van der Waals surface area contributed by atoms with Crippen LogP contribution in [0.2, 0.25) is 0 Å². The summed E-state index contributed by atoms with van der Waals surface area (Å²) in [7, 11) is -3.18. The fourth-order valence-electron chi connectivity index (χ4n) is 2.79. The van der Waals surface area contributed by atoms with E-state index in [9.17, 15) is 13.2 Å². The number of ether oxygens (including phenoxy) is 1. The summed E-state index contributed by atoms with van der Waals surface area (Å²) in [6.45, 7) is 0.826. The van der Waals surface area contributed by atoms with Gasteiger partial charge < -0.3 is 9.15 Å². The molecule has 3 rings (SSSR count). The van der Waals surface area contributed by atoms with Crippen molar-refractivity contribution < 1.29 is 22.4 Å². The number of carbonyl (C=O) groups excluding carboxylic acids is 1. The molecule has 0 N–H and O–H groups in total. The van der Waals surface area contributed by atoms with Crippen molar-refractivity contribution in [2.75, 3.05) is 19.3 Å². The van der Waals surface area contributed by atoms with Gasteiger partial charge in [0.05, 0.1) is 12.2 Å². The molecule has 0 aliphatic carbocycles. The van der Waals surface area contributed by atoms with Gasteiger partial charge in [0.2, 0.25) is 10.0 Å². The second kappa shape index (κ2) is 6.33. The molecule has 0 bridgehead atoms. The number of sulfonamides is 1. The molecule has 2 aromatic rings. The summed E-state index contributed by atoms with van der Waals surface area (Å²) >= 11 is 0. The first-order valence-corrected chi connectivity index (χ1v) is 9.37. The van der Waals surface area contributed by atoms with Crippen LogP contribution in [0.3, 0.4) is 0 Å². The summed E-state index contributed by atoms with van der Waals surface area (Å²) in [6.07, 6.45) is 2.17. The third kappa shape index (κ3) is 3.73. The molecule has 6 nitrogen and oxygen atoms in total. The number of rotatable bonds is 4. The third-order valence-electron chi connectivity index (χ3n) is 4.09. The molecule has 1 fully saturated rings. The highest BCUT2D eigenvalue weighted by Crippen LogP contribution is 2.22. The Bertz CT molecular complexity index is 770. The van der Waals surface area contributed by atoms with Gasteiger partial charge in [-0.25, -0.2) is 12.7 Å². The lowest BCUT2D eigenvalue weighted by molar-refractivity contribution is -0.151. The number of esters is 1. The first kappa shape index (κ1) is 16.0. The smallest absolute Gasteiger partial charge is 0.309 e. The molecule has 1 aromatic carbocycles. The van der Waals surface area contributed by atoms with E-state index in [-0.39, 0.29) is 18.5 Å². The molecule has 23 heavy (non-hydrogen) atoms. The van der Waals surface area contributed by atoms with Crippen LogP contribution in [0.15, 0.2) is 34.7 Å². The third-order valence-corrected chi connectivity index (χ3v) is 5.39. The van der Waals surface area contributed by atoms with Gasteiger partial charge in [-0.2, -0.15) is 0 Å². The lowest BCUT2D eigenvalue weighted by Gasteiger charge is -2.28. The van der Waals surface area contributed by atoms with Crippen molar-refractivity contribution in [2.24, 2.45) is 5.92 Å². The van der Waals surface area contributed by atoms with Crippen LogP contribution in [0.1, 0.15) is 18.6 Å². The summed E-state index contributed by atoms with van der Waals surface area (Å²) in [6, 6.07) is 9.46. The van der Waals surface area contributed by atoms with Crippen LogP contribution < -0.4 is 0 Å². The van der Waals surface area contributed by atoms with Crippen LogP contribution >= 0.6 is 0 Å². The van der Waals surface area contributed by atoms with Gasteiger partial charge in [0.15, 0.2) is 0 Å². The molecule has 0 unspecified atom stereocenters. The molecule has 124 valence electrons. The minimum Gasteiger partial charge on any atom is -0.457 e. The number of hydrogen-bond acceptors (Lipinski definition) is 5. The average molecular weight is 337 g/mol. The van der Waals surface area contributed by atoms with E-state index in [2.05, 4.69) is 0 Å². The standard InChI is InChI=1S/C16H19NO5S/c1-23(19,20)17-8-6-12(7-9-17)16(18)21-11-14-10-13-4-2-3-5-15(13)22-14/h2-5,10,12H,6-9,11H2,1H3. The molecular formula is C16H19NO5S. The average Bonchev–Trinajstić information content (AvgIpc) is 2.95. The van der Waals surface area contributed by atoms with E-state index in [1.807, 2.05) is 30.3 Å². The van der Waals surface area contributed by atoms with Gasteiger partial charge in [-0.1, -0.05) is 18.2 Å². The molecule has 7 heteroatoms. The number of carbonyl (C=O) groups is 1. The quantitative estimate of drug-likeness (QED) is 0.799. The Hall–Kier alpha value is -1.86. The fraction of sp³-hybridized carbons (Fsp3) is 0.438. The van der Waals surface area contributed by atoms with Gasteiger partial charge in [-0.15, -0.1) is 0 Å². The van der Waals surface area contributed by atoms with E-state index in [1.54, 1.807) is 0 Å². The summed E-state index contributed by atoms with van der Waals surface area (Å²) in [5.74, 6) is 0.0594. The molecule has 0 radical (unpaired) electrons. The predicted molar refractivity (Wildman–Crippen MR) is 85.2 cm³/mol. The first-order chi connectivity index (χ1) is 10.9. The maximum atomic E-state index is 12.1. The highest BCUT2D eigenvalue weighted by atomic mass is 32.2. The summed E-state index contributed by atoms with van der Waals surface area (Å²) in [4.78, 5) is 12.1. The Morgan fingerprint density at radius 2 is 2.00 bits per heavy atom. The highest BCUT2D eigenvalue weighted by molar-refractivity contribution is 7.88. The Balaban J connectivity index is 1.54. The number of benzene rings is 1. The highest BCUT2D eigenvalue weighted by Gasteiger charge is 2.29. The minimum absolute atomic E-state index is 0.0970. The monoisotopic (exact) mass is 337 g/mol. The molecule has 1 aliphatic heterocycles. The molecule has 0 amide bonds. The Morgan fingerprint density at radius 1 is 1.30 bits per heavy atom. The number of hydrogen-bond donors (Lipinski definition) is 0. The largest absolute Gasteiger partial charge is 0.457 e. The summed E-state index contributed by atoms with van der Waals surface area (Å²) < 4.78 is 35.2. The molecule has 0 atom stereocenters. The van der Waals surface area contributed by atoms with Gasteiger partial charge in [0.1, 0.15) is 18.0 Å². The predicted octanol–water partition coefficient (Wildman–Crippen LogP) is 2.15. The number of piperidine rings is 1. The summed E-state index contributed by atoms with van der Waals surface area (Å²) in [5.41, 5.74) is 0.764. The molecule has 1 aliphatic rings. The molecule has 1 aromatic heterocycles. The van der Waals surface area contributed by atoms with Crippen LogP contribution in [-0.4, -0.2) is 38.0 Å². The van der Waals surface area contributed by atoms with E-state index in [0.717, 1.165) is 11.0 Å². The molecule has 1 saturated heterocycles. The van der Waals surface area contributed by atoms with Crippen molar-refractivity contribution in [1.29, 1.82) is 0 Å². The number of fused-ring (bicyclic) bond motifs is 1. The molecule has 0 saturated carbocycles. The second-order valence-electron chi connectivity index (χ2n) is 5.79.